The molecule has 0 aromatic heterocycles. The van der Waals surface area contributed by atoms with Gasteiger partial charge in [-0.1, -0.05) is 204 Å². The predicted octanol–water partition coefficient (Wildman–Crippen LogP) is 15.3. The number of rotatable bonds is 12. The van der Waals surface area contributed by atoms with E-state index < -0.39 is 12.2 Å². The van der Waals surface area contributed by atoms with Crippen molar-refractivity contribution in [1.29, 1.82) is 0 Å². The zero-order chi connectivity index (χ0) is 54.0. The molecule has 2 aliphatic heterocycles. The summed E-state index contributed by atoms with van der Waals surface area (Å²) in [6, 6.07) is 48.6. The fourth-order valence-electron chi connectivity index (χ4n) is 11.0. The Morgan fingerprint density at radius 1 is 0.453 bits per heavy atom. The first-order valence-electron chi connectivity index (χ1n) is 27.3. The Balaban J connectivity index is 0.846. The number of hydrogen-bond donors (Lipinski definition) is 4. The second-order valence-electron chi connectivity index (χ2n) is 25.7. The van der Waals surface area contributed by atoms with Crippen LogP contribution >= 0.6 is 0 Å². The van der Waals surface area contributed by atoms with Gasteiger partial charge in [0.2, 0.25) is 0 Å². The lowest BCUT2D eigenvalue weighted by Crippen LogP contribution is -2.30. The van der Waals surface area contributed by atoms with Gasteiger partial charge in [-0.05, 0) is 121 Å². The van der Waals surface area contributed by atoms with Crippen LogP contribution in [0.25, 0.3) is 0 Å². The highest BCUT2D eigenvalue weighted by atomic mass is 16.6. The van der Waals surface area contributed by atoms with Crippen molar-refractivity contribution >= 4 is 23.6 Å². The Bertz CT molecular complexity index is 2600. The minimum atomic E-state index is -0.451. The van der Waals surface area contributed by atoms with Gasteiger partial charge in [0.1, 0.15) is 12.2 Å². The zero-order valence-corrected chi connectivity index (χ0v) is 47.3. The SMILES string of the molecule is Cc1cc(Cc2ccc(NC(=O)O[C@H]3CN[C@@H](C(c4ccc(C(C)(C)C)cc4)c4ccc(C(C)(C)C)cc4)C3)c(C)c2)ccc1NC(=O)O[C@H]1CNC(C(c2ccc(C(C)(C)C)cc2)c2ccc(C(C)(C)C)cc2)C1. The number of carbonyl (C=O) groups excluding carboxylic acids is 2. The molecule has 2 aliphatic rings. The monoisotopic (exact) mass is 1010 g/mol. The van der Waals surface area contributed by atoms with Crippen LogP contribution in [0.5, 0.6) is 0 Å². The lowest BCUT2D eigenvalue weighted by molar-refractivity contribution is 0.118. The van der Waals surface area contributed by atoms with Crippen LogP contribution in [-0.4, -0.2) is 49.6 Å². The van der Waals surface area contributed by atoms with Crippen molar-refractivity contribution in [3.05, 3.63) is 200 Å². The molecule has 2 heterocycles. The Morgan fingerprint density at radius 2 is 0.733 bits per heavy atom. The molecule has 8 nitrogen and oxygen atoms in total. The minimum absolute atomic E-state index is 0.0657. The van der Waals surface area contributed by atoms with Gasteiger partial charge in [-0.2, -0.15) is 0 Å². The highest BCUT2D eigenvalue weighted by molar-refractivity contribution is 5.86. The van der Waals surface area contributed by atoms with Crippen molar-refractivity contribution in [2.24, 2.45) is 0 Å². The molecule has 2 fully saturated rings. The molecule has 1 unspecified atom stereocenters. The number of nitrogens with one attached hydrogen (secondary N) is 4. The maximum atomic E-state index is 13.4. The number of carbonyl (C=O) groups is 2. The van der Waals surface area contributed by atoms with Crippen molar-refractivity contribution in [2.75, 3.05) is 23.7 Å². The Kier molecular flexibility index (Phi) is 16.3. The summed E-state index contributed by atoms with van der Waals surface area (Å²) in [7, 11) is 0. The molecule has 0 bridgehead atoms. The molecule has 2 amide bonds. The average molecular weight is 1010 g/mol. The number of hydrogen-bond acceptors (Lipinski definition) is 6. The second kappa shape index (κ2) is 22.2. The fourth-order valence-corrected chi connectivity index (χ4v) is 11.0. The second-order valence-corrected chi connectivity index (χ2v) is 25.7. The van der Waals surface area contributed by atoms with Crippen LogP contribution in [0.3, 0.4) is 0 Å². The van der Waals surface area contributed by atoms with Gasteiger partial charge in [0.15, 0.2) is 0 Å². The third-order valence-corrected chi connectivity index (χ3v) is 15.6. The van der Waals surface area contributed by atoms with E-state index in [2.05, 4.69) is 214 Å². The lowest BCUT2D eigenvalue weighted by Gasteiger charge is -2.27. The number of benzene rings is 6. The maximum absolute atomic E-state index is 13.4. The van der Waals surface area contributed by atoms with Crippen LogP contribution in [0.1, 0.15) is 175 Å². The molecule has 4 N–H and O–H groups in total. The Labute approximate surface area is 449 Å². The van der Waals surface area contributed by atoms with Crippen LogP contribution in [0.15, 0.2) is 133 Å². The fraction of sp³-hybridized carbons (Fsp3) is 0.433. The highest BCUT2D eigenvalue weighted by Gasteiger charge is 2.37. The van der Waals surface area contributed by atoms with Gasteiger partial charge in [0.25, 0.3) is 0 Å². The standard InChI is InChI=1S/C67H84N4O4/c1-42-35-44(15-33-56(42)70-62(72)74-54-38-58(68-40-54)60(46-17-25-50(26-18-46)64(3,4)5)47-19-27-51(28-20-47)65(6,7)8)37-45-16-34-57(43(2)36-45)71-63(73)75-55-39-59(69-41-55)61(48-21-29-52(30-22-48)66(9,10)11)49-23-31-53(32-24-49)67(12,13)14/h15-36,54-55,58-61,68-69H,37-41H2,1-14H3,(H,70,72)(H,71,73)/t54-,55-,58-,59?/m1/s1. The summed E-state index contributed by atoms with van der Waals surface area (Å²) >= 11 is 0. The molecule has 0 saturated carbocycles. The summed E-state index contributed by atoms with van der Waals surface area (Å²) in [6.07, 6.45) is 0.664. The van der Waals surface area contributed by atoms with Gasteiger partial charge >= 0.3 is 12.2 Å². The summed E-state index contributed by atoms with van der Waals surface area (Å²) in [6.45, 7) is 32.1. The average Bonchev–Trinajstić information content (AvgIpc) is 4.00. The number of amides is 2. The highest BCUT2D eigenvalue weighted by Crippen LogP contribution is 2.38. The third kappa shape index (κ3) is 13.8. The van der Waals surface area contributed by atoms with Gasteiger partial charge in [-0.15, -0.1) is 0 Å². The predicted molar refractivity (Wildman–Crippen MR) is 310 cm³/mol. The summed E-state index contributed by atoms with van der Waals surface area (Å²) in [5.74, 6) is 0.205. The van der Waals surface area contributed by atoms with E-state index in [1.54, 1.807) is 0 Å². The van der Waals surface area contributed by atoms with Crippen molar-refractivity contribution in [2.45, 2.75) is 174 Å². The van der Waals surface area contributed by atoms with E-state index in [0.29, 0.717) is 32.4 Å². The molecule has 2 saturated heterocycles. The molecule has 6 aromatic rings. The summed E-state index contributed by atoms with van der Waals surface area (Å²) in [5.41, 5.74) is 16.1. The number of ether oxygens (including phenoxy) is 2. The summed E-state index contributed by atoms with van der Waals surface area (Å²) in [4.78, 5) is 26.9. The molecule has 0 radical (unpaired) electrons. The first-order valence-corrected chi connectivity index (χ1v) is 27.3. The summed E-state index contributed by atoms with van der Waals surface area (Å²) < 4.78 is 12.2. The van der Waals surface area contributed by atoms with E-state index in [1.807, 2.05) is 38.1 Å². The first-order chi connectivity index (χ1) is 35.3. The number of aryl methyl sites for hydroxylation is 2. The van der Waals surface area contributed by atoms with Gasteiger partial charge < -0.3 is 20.1 Å². The normalized spacial score (nSPS) is 18.3. The lowest BCUT2D eigenvalue weighted by atomic mass is 9.80. The van der Waals surface area contributed by atoms with Crippen LogP contribution in [0, 0.1) is 13.8 Å². The zero-order valence-electron chi connectivity index (χ0n) is 47.3. The van der Waals surface area contributed by atoms with Crippen LogP contribution in [0.2, 0.25) is 0 Å². The molecule has 6 aromatic carbocycles. The van der Waals surface area contributed by atoms with E-state index in [1.165, 1.54) is 44.5 Å². The van der Waals surface area contributed by atoms with Crippen LogP contribution in [-0.2, 0) is 37.6 Å². The maximum Gasteiger partial charge on any atom is 0.411 e. The van der Waals surface area contributed by atoms with E-state index >= 15 is 0 Å². The Morgan fingerprint density at radius 3 is 0.987 bits per heavy atom. The molecular formula is C67H84N4O4. The van der Waals surface area contributed by atoms with E-state index in [-0.39, 0.29) is 57.8 Å². The van der Waals surface area contributed by atoms with Gasteiger partial charge in [0.05, 0.1) is 0 Å². The molecule has 75 heavy (non-hydrogen) atoms. The van der Waals surface area contributed by atoms with Crippen molar-refractivity contribution in [3.8, 4) is 0 Å². The van der Waals surface area contributed by atoms with Gasteiger partial charge in [0, 0.05) is 61.2 Å². The molecule has 4 atom stereocenters. The minimum Gasteiger partial charge on any atom is -0.445 e. The molecular weight excluding hydrogens is 925 g/mol. The van der Waals surface area contributed by atoms with Crippen molar-refractivity contribution in [1.82, 2.24) is 10.6 Å². The van der Waals surface area contributed by atoms with E-state index in [4.69, 9.17) is 9.47 Å². The molecule has 0 spiro atoms. The van der Waals surface area contributed by atoms with Crippen molar-refractivity contribution in [3.63, 3.8) is 0 Å². The van der Waals surface area contributed by atoms with Crippen LogP contribution < -0.4 is 21.3 Å². The topological polar surface area (TPSA) is 101 Å². The largest absolute Gasteiger partial charge is 0.445 e. The van der Waals surface area contributed by atoms with Gasteiger partial charge in [-0.3, -0.25) is 10.6 Å². The molecule has 0 aliphatic carbocycles. The van der Waals surface area contributed by atoms with Gasteiger partial charge in [-0.25, -0.2) is 9.59 Å². The Hall–Kier alpha value is -6.22. The first kappa shape index (κ1) is 55.0. The summed E-state index contributed by atoms with van der Waals surface area (Å²) in [5, 5.41) is 13.5. The number of anilines is 2. The molecule has 396 valence electrons. The van der Waals surface area contributed by atoms with Crippen molar-refractivity contribution < 1.29 is 19.1 Å². The quantitative estimate of drug-likeness (QED) is 0.0974. The molecule has 8 heteroatoms. The third-order valence-electron chi connectivity index (χ3n) is 15.6. The smallest absolute Gasteiger partial charge is 0.411 e. The van der Waals surface area contributed by atoms with E-state index in [0.717, 1.165) is 33.6 Å². The van der Waals surface area contributed by atoms with E-state index in [9.17, 15) is 9.59 Å². The molecule has 8 rings (SSSR count). The van der Waals surface area contributed by atoms with Crippen LogP contribution in [0.4, 0.5) is 21.0 Å².